The minimum absolute atomic E-state index is 0.164. The third-order valence-corrected chi connectivity index (χ3v) is 3.15. The third kappa shape index (κ3) is 1.12. The van der Waals surface area contributed by atoms with E-state index in [9.17, 15) is 4.79 Å². The summed E-state index contributed by atoms with van der Waals surface area (Å²) in [5.41, 5.74) is 5.06. The van der Waals surface area contributed by atoms with Crippen LogP contribution in [0.1, 0.15) is 32.6 Å². The largest absolute Gasteiger partial charge is 0.375 e. The SMILES string of the molecule is CC1(C(N)=O)CC2CCC(C1)O2. The van der Waals surface area contributed by atoms with Crippen molar-refractivity contribution >= 4 is 5.91 Å². The second-order valence-corrected chi connectivity index (χ2v) is 4.29. The Hall–Kier alpha value is -0.570. The number of nitrogens with two attached hydrogens (primary N) is 1. The van der Waals surface area contributed by atoms with Gasteiger partial charge in [-0.05, 0) is 25.7 Å². The van der Waals surface area contributed by atoms with Crippen LogP contribution in [0, 0.1) is 5.41 Å². The lowest BCUT2D eigenvalue weighted by Crippen LogP contribution is -2.42. The van der Waals surface area contributed by atoms with Crippen LogP contribution in [0.15, 0.2) is 0 Å². The lowest BCUT2D eigenvalue weighted by molar-refractivity contribution is -0.137. The molecule has 0 aromatic heterocycles. The zero-order chi connectivity index (χ0) is 8.77. The first kappa shape index (κ1) is 8.05. The van der Waals surface area contributed by atoms with Crippen LogP contribution in [0.3, 0.4) is 0 Å². The zero-order valence-corrected chi connectivity index (χ0v) is 7.38. The summed E-state index contributed by atoms with van der Waals surface area (Å²) >= 11 is 0. The lowest BCUT2D eigenvalue weighted by atomic mass is 9.79. The molecule has 0 aromatic rings. The highest BCUT2D eigenvalue weighted by molar-refractivity contribution is 5.80. The fraction of sp³-hybridized carbons (Fsp3) is 0.889. The minimum Gasteiger partial charge on any atom is -0.375 e. The van der Waals surface area contributed by atoms with Gasteiger partial charge in [-0.2, -0.15) is 0 Å². The molecular weight excluding hydrogens is 154 g/mol. The molecule has 2 unspecified atom stereocenters. The molecule has 3 nitrogen and oxygen atoms in total. The molecule has 2 rings (SSSR count). The van der Waals surface area contributed by atoms with Gasteiger partial charge in [0.15, 0.2) is 0 Å². The van der Waals surface area contributed by atoms with E-state index in [-0.39, 0.29) is 11.3 Å². The molecule has 2 bridgehead atoms. The number of rotatable bonds is 1. The molecule has 2 atom stereocenters. The number of hydrogen-bond acceptors (Lipinski definition) is 2. The lowest BCUT2D eigenvalue weighted by Gasteiger charge is -2.34. The molecule has 0 spiro atoms. The minimum atomic E-state index is -0.302. The summed E-state index contributed by atoms with van der Waals surface area (Å²) in [5.74, 6) is -0.164. The maximum atomic E-state index is 11.2. The van der Waals surface area contributed by atoms with E-state index in [0.29, 0.717) is 12.2 Å². The van der Waals surface area contributed by atoms with Gasteiger partial charge in [0.2, 0.25) is 5.91 Å². The van der Waals surface area contributed by atoms with Crippen molar-refractivity contribution in [3.8, 4) is 0 Å². The van der Waals surface area contributed by atoms with Crippen molar-refractivity contribution in [2.45, 2.75) is 44.8 Å². The van der Waals surface area contributed by atoms with Crippen LogP contribution in [0.5, 0.6) is 0 Å². The maximum absolute atomic E-state index is 11.2. The molecule has 1 amide bonds. The molecule has 0 aromatic carbocycles. The number of amides is 1. The molecule has 68 valence electrons. The molecule has 0 radical (unpaired) electrons. The van der Waals surface area contributed by atoms with Crippen LogP contribution in [-0.2, 0) is 9.53 Å². The first-order valence-corrected chi connectivity index (χ1v) is 4.55. The second-order valence-electron chi connectivity index (χ2n) is 4.29. The van der Waals surface area contributed by atoms with E-state index in [1.165, 1.54) is 0 Å². The van der Waals surface area contributed by atoms with Crippen molar-refractivity contribution in [1.82, 2.24) is 0 Å². The fourth-order valence-corrected chi connectivity index (χ4v) is 2.37. The van der Waals surface area contributed by atoms with Crippen LogP contribution in [0.2, 0.25) is 0 Å². The topological polar surface area (TPSA) is 52.3 Å². The molecule has 0 saturated carbocycles. The Morgan fingerprint density at radius 2 is 1.92 bits per heavy atom. The van der Waals surface area contributed by atoms with E-state index < -0.39 is 0 Å². The van der Waals surface area contributed by atoms with Gasteiger partial charge in [0.1, 0.15) is 0 Å². The number of carbonyl (C=O) groups excluding carboxylic acids is 1. The summed E-state index contributed by atoms with van der Waals surface area (Å²) in [7, 11) is 0. The molecule has 3 heteroatoms. The van der Waals surface area contributed by atoms with Crippen LogP contribution in [-0.4, -0.2) is 18.1 Å². The van der Waals surface area contributed by atoms with Gasteiger partial charge in [-0.1, -0.05) is 6.92 Å². The summed E-state index contributed by atoms with van der Waals surface area (Å²) in [4.78, 5) is 11.2. The van der Waals surface area contributed by atoms with Crippen molar-refractivity contribution in [2.75, 3.05) is 0 Å². The van der Waals surface area contributed by atoms with Gasteiger partial charge in [-0.25, -0.2) is 0 Å². The quantitative estimate of drug-likeness (QED) is 0.631. The number of carbonyl (C=O) groups is 1. The highest BCUT2D eigenvalue weighted by Crippen LogP contribution is 2.43. The highest BCUT2D eigenvalue weighted by atomic mass is 16.5. The summed E-state index contributed by atoms with van der Waals surface area (Å²) in [6.07, 6.45) is 4.43. The first-order chi connectivity index (χ1) is 5.60. The number of primary amides is 1. The molecule has 2 saturated heterocycles. The smallest absolute Gasteiger partial charge is 0.223 e. The Morgan fingerprint density at radius 3 is 2.33 bits per heavy atom. The normalized spacial score (nSPS) is 46.1. The Kier molecular flexibility index (Phi) is 1.65. The van der Waals surface area contributed by atoms with Crippen LogP contribution >= 0.6 is 0 Å². The predicted octanol–water partition coefficient (Wildman–Crippen LogP) is 0.819. The van der Waals surface area contributed by atoms with Crippen LogP contribution in [0.25, 0.3) is 0 Å². The molecule has 12 heavy (non-hydrogen) atoms. The van der Waals surface area contributed by atoms with Gasteiger partial charge >= 0.3 is 0 Å². The standard InChI is InChI=1S/C9H15NO2/c1-9(8(10)11)4-6-2-3-7(5-9)12-6/h6-7H,2-5H2,1H3,(H2,10,11). The van der Waals surface area contributed by atoms with E-state index in [2.05, 4.69) is 0 Å². The number of ether oxygens (including phenoxy) is 1. The Balaban J connectivity index is 2.15. The van der Waals surface area contributed by atoms with Crippen molar-refractivity contribution in [2.24, 2.45) is 11.1 Å². The van der Waals surface area contributed by atoms with Crippen molar-refractivity contribution in [3.63, 3.8) is 0 Å². The molecule has 0 aliphatic carbocycles. The maximum Gasteiger partial charge on any atom is 0.223 e. The summed E-state index contributed by atoms with van der Waals surface area (Å²) in [6, 6.07) is 0. The van der Waals surface area contributed by atoms with Gasteiger partial charge in [0.25, 0.3) is 0 Å². The average molecular weight is 169 g/mol. The highest BCUT2D eigenvalue weighted by Gasteiger charge is 2.45. The average Bonchev–Trinajstić information content (AvgIpc) is 2.30. The second kappa shape index (κ2) is 2.46. The van der Waals surface area contributed by atoms with E-state index in [1.807, 2.05) is 6.92 Å². The van der Waals surface area contributed by atoms with Gasteiger partial charge in [0.05, 0.1) is 17.6 Å². The van der Waals surface area contributed by atoms with E-state index >= 15 is 0 Å². The van der Waals surface area contributed by atoms with Gasteiger partial charge in [0, 0.05) is 0 Å². The zero-order valence-electron chi connectivity index (χ0n) is 7.38. The van der Waals surface area contributed by atoms with Gasteiger partial charge in [-0.3, -0.25) is 4.79 Å². The van der Waals surface area contributed by atoms with Crippen molar-refractivity contribution in [1.29, 1.82) is 0 Å². The Morgan fingerprint density at radius 1 is 1.42 bits per heavy atom. The summed E-state index contributed by atoms with van der Waals surface area (Å²) in [5, 5.41) is 0. The van der Waals surface area contributed by atoms with Crippen molar-refractivity contribution in [3.05, 3.63) is 0 Å². The number of hydrogen-bond donors (Lipinski definition) is 1. The van der Waals surface area contributed by atoms with Crippen LogP contribution < -0.4 is 5.73 Å². The fourth-order valence-electron chi connectivity index (χ4n) is 2.37. The predicted molar refractivity (Wildman–Crippen MR) is 44.4 cm³/mol. The van der Waals surface area contributed by atoms with Gasteiger partial charge in [-0.15, -0.1) is 0 Å². The molecule has 2 N–H and O–H groups in total. The Bertz CT molecular complexity index is 203. The monoisotopic (exact) mass is 169 g/mol. The Labute approximate surface area is 72.3 Å². The molecule has 2 aliphatic rings. The molecule has 2 fully saturated rings. The van der Waals surface area contributed by atoms with E-state index in [1.54, 1.807) is 0 Å². The summed E-state index contributed by atoms with van der Waals surface area (Å²) < 4.78 is 5.64. The summed E-state index contributed by atoms with van der Waals surface area (Å²) in [6.45, 7) is 1.96. The molecular formula is C9H15NO2. The molecule has 2 heterocycles. The van der Waals surface area contributed by atoms with Crippen LogP contribution in [0.4, 0.5) is 0 Å². The van der Waals surface area contributed by atoms with Crippen molar-refractivity contribution < 1.29 is 9.53 Å². The molecule has 2 aliphatic heterocycles. The number of fused-ring (bicyclic) bond motifs is 2. The third-order valence-electron chi connectivity index (χ3n) is 3.15. The van der Waals surface area contributed by atoms with Gasteiger partial charge < -0.3 is 10.5 Å². The first-order valence-electron chi connectivity index (χ1n) is 4.55. The van der Waals surface area contributed by atoms with E-state index in [0.717, 1.165) is 25.7 Å². The van der Waals surface area contributed by atoms with E-state index in [4.69, 9.17) is 10.5 Å².